The van der Waals surface area contributed by atoms with Gasteiger partial charge >= 0.3 is 0 Å². The Labute approximate surface area is 159 Å². The molecule has 5 atom stereocenters. The van der Waals surface area contributed by atoms with Gasteiger partial charge in [0.15, 0.2) is 0 Å². The Bertz CT molecular complexity index is 333. The van der Waals surface area contributed by atoms with Crippen LogP contribution in [0.2, 0.25) is 0 Å². The second-order valence-electron chi connectivity index (χ2n) is 10.8. The highest BCUT2D eigenvalue weighted by Gasteiger charge is 2.28. The van der Waals surface area contributed by atoms with Crippen LogP contribution < -0.4 is 0 Å². The largest absolute Gasteiger partial charge is 0.244 e. The minimum atomic E-state index is -1.03. The third-order valence-electron chi connectivity index (χ3n) is 6.44. The highest BCUT2D eigenvalue weighted by molar-refractivity contribution is 4.79. The minimum absolute atomic E-state index is 0.400. The Balaban J connectivity index is 4.75. The normalized spacial score (nSPS) is 19.3. The van der Waals surface area contributed by atoms with Crippen LogP contribution in [0, 0.1) is 35.0 Å². The van der Waals surface area contributed by atoms with E-state index in [9.17, 15) is 4.39 Å². The highest BCUT2D eigenvalue weighted by Crippen LogP contribution is 2.38. The summed E-state index contributed by atoms with van der Waals surface area (Å²) in [5, 5.41) is 0. The lowest BCUT2D eigenvalue weighted by Gasteiger charge is -2.34. The van der Waals surface area contributed by atoms with Gasteiger partial charge < -0.3 is 0 Å². The molecule has 25 heavy (non-hydrogen) atoms. The maximum atomic E-state index is 14.0. The van der Waals surface area contributed by atoms with Crippen molar-refractivity contribution in [2.45, 2.75) is 120 Å². The van der Waals surface area contributed by atoms with Crippen LogP contribution in [0.1, 0.15) is 114 Å². The third kappa shape index (κ3) is 11.3. The summed E-state index contributed by atoms with van der Waals surface area (Å²) in [6.07, 6.45) is 8.38. The van der Waals surface area contributed by atoms with Crippen LogP contribution in [-0.2, 0) is 0 Å². The predicted molar refractivity (Wildman–Crippen MR) is 113 cm³/mol. The Morgan fingerprint density at radius 2 is 1.40 bits per heavy atom. The predicted octanol–water partition coefficient (Wildman–Crippen LogP) is 8.69. The highest BCUT2D eigenvalue weighted by atomic mass is 19.1. The van der Waals surface area contributed by atoms with Crippen molar-refractivity contribution < 1.29 is 4.39 Å². The molecule has 0 aliphatic carbocycles. The lowest BCUT2D eigenvalue weighted by molar-refractivity contribution is 0.144. The Morgan fingerprint density at radius 3 is 1.80 bits per heavy atom. The van der Waals surface area contributed by atoms with Crippen LogP contribution in [0.25, 0.3) is 0 Å². The summed E-state index contributed by atoms with van der Waals surface area (Å²) in [6.45, 7) is 22.3. The number of halogens is 1. The van der Waals surface area contributed by atoms with E-state index in [0.717, 1.165) is 23.7 Å². The van der Waals surface area contributed by atoms with Crippen LogP contribution in [-0.4, -0.2) is 5.67 Å². The third-order valence-corrected chi connectivity index (χ3v) is 6.44. The SMILES string of the molecule is CCCC(CC(C)CC(C)(C)F)CC(C)C(CC)CC(C)C(C)(C)C. The standard InChI is InChI=1S/C24H49F/c1-11-13-21(14-18(3)17-24(9,10)25)15-19(4)22(12-2)16-20(5)23(6,7)8/h18-22H,11-17H2,1-10H3. The summed E-state index contributed by atoms with van der Waals surface area (Å²) in [7, 11) is 0. The van der Waals surface area contributed by atoms with Crippen molar-refractivity contribution >= 4 is 0 Å². The number of hydrogen-bond acceptors (Lipinski definition) is 0. The Morgan fingerprint density at radius 1 is 0.840 bits per heavy atom. The van der Waals surface area contributed by atoms with Crippen LogP contribution in [0.15, 0.2) is 0 Å². The maximum absolute atomic E-state index is 14.0. The van der Waals surface area contributed by atoms with Gasteiger partial charge in [0.1, 0.15) is 5.67 Å². The van der Waals surface area contributed by atoms with E-state index < -0.39 is 5.67 Å². The van der Waals surface area contributed by atoms with Crippen molar-refractivity contribution in [3.8, 4) is 0 Å². The van der Waals surface area contributed by atoms with Crippen LogP contribution >= 0.6 is 0 Å². The minimum Gasteiger partial charge on any atom is -0.244 e. The molecule has 0 radical (unpaired) electrons. The van der Waals surface area contributed by atoms with Gasteiger partial charge in [-0.3, -0.25) is 0 Å². The van der Waals surface area contributed by atoms with Gasteiger partial charge in [-0.25, -0.2) is 4.39 Å². The molecule has 0 heterocycles. The van der Waals surface area contributed by atoms with E-state index in [1.165, 1.54) is 38.5 Å². The quantitative estimate of drug-likeness (QED) is 0.328. The molecular weight excluding hydrogens is 307 g/mol. The number of hydrogen-bond donors (Lipinski definition) is 0. The van der Waals surface area contributed by atoms with E-state index in [0.29, 0.717) is 17.8 Å². The molecule has 0 bridgehead atoms. The van der Waals surface area contributed by atoms with Crippen LogP contribution in [0.3, 0.4) is 0 Å². The van der Waals surface area contributed by atoms with E-state index in [4.69, 9.17) is 0 Å². The van der Waals surface area contributed by atoms with Gasteiger partial charge in [0.25, 0.3) is 0 Å². The number of rotatable bonds is 12. The van der Waals surface area contributed by atoms with Gasteiger partial charge in [0.05, 0.1) is 0 Å². The van der Waals surface area contributed by atoms with Crippen LogP contribution in [0.5, 0.6) is 0 Å². The number of alkyl halides is 1. The van der Waals surface area contributed by atoms with Crippen molar-refractivity contribution in [3.63, 3.8) is 0 Å². The fourth-order valence-corrected chi connectivity index (χ4v) is 4.55. The molecule has 0 saturated heterocycles. The molecule has 5 unspecified atom stereocenters. The molecule has 0 aromatic rings. The van der Waals surface area contributed by atoms with E-state index >= 15 is 0 Å². The van der Waals surface area contributed by atoms with Crippen LogP contribution in [0.4, 0.5) is 4.39 Å². The molecule has 0 spiro atoms. The first-order chi connectivity index (χ1) is 11.3. The average Bonchev–Trinajstić information content (AvgIpc) is 2.41. The fraction of sp³-hybridized carbons (Fsp3) is 1.00. The van der Waals surface area contributed by atoms with E-state index in [-0.39, 0.29) is 0 Å². The van der Waals surface area contributed by atoms with Gasteiger partial charge in [-0.15, -0.1) is 0 Å². The first-order valence-corrected chi connectivity index (χ1v) is 11.0. The summed E-state index contributed by atoms with van der Waals surface area (Å²) < 4.78 is 14.0. The molecule has 0 aromatic carbocycles. The zero-order valence-electron chi connectivity index (χ0n) is 19.2. The molecule has 0 aromatic heterocycles. The summed E-state index contributed by atoms with van der Waals surface area (Å²) >= 11 is 0. The topological polar surface area (TPSA) is 0 Å². The molecular formula is C24H49F. The average molecular weight is 357 g/mol. The molecule has 0 N–H and O–H groups in total. The molecule has 0 aliphatic heterocycles. The van der Waals surface area contributed by atoms with E-state index in [1.807, 2.05) is 0 Å². The fourth-order valence-electron chi connectivity index (χ4n) is 4.55. The summed E-state index contributed by atoms with van der Waals surface area (Å²) in [4.78, 5) is 0. The van der Waals surface area contributed by atoms with Gasteiger partial charge in [-0.05, 0) is 74.5 Å². The molecule has 0 fully saturated rings. The molecule has 0 aliphatic rings. The molecule has 152 valence electrons. The summed E-state index contributed by atoms with van der Waals surface area (Å²) in [5.41, 5.74) is -0.632. The van der Waals surface area contributed by atoms with Crippen molar-refractivity contribution in [2.75, 3.05) is 0 Å². The van der Waals surface area contributed by atoms with Gasteiger partial charge in [-0.1, -0.05) is 74.7 Å². The van der Waals surface area contributed by atoms with Gasteiger partial charge in [0.2, 0.25) is 0 Å². The molecule has 0 saturated carbocycles. The Kier molecular flexibility index (Phi) is 10.9. The zero-order valence-corrected chi connectivity index (χ0v) is 19.2. The van der Waals surface area contributed by atoms with Gasteiger partial charge in [-0.2, -0.15) is 0 Å². The summed E-state index contributed by atoms with van der Waals surface area (Å²) in [5.74, 6) is 3.60. The Hall–Kier alpha value is -0.0700. The van der Waals surface area contributed by atoms with E-state index in [2.05, 4.69) is 55.4 Å². The van der Waals surface area contributed by atoms with Crippen molar-refractivity contribution in [2.24, 2.45) is 35.0 Å². The molecule has 1 heteroatoms. The van der Waals surface area contributed by atoms with Crippen molar-refractivity contribution in [1.29, 1.82) is 0 Å². The smallest absolute Gasteiger partial charge is 0.105 e. The first-order valence-electron chi connectivity index (χ1n) is 11.0. The maximum Gasteiger partial charge on any atom is 0.105 e. The second kappa shape index (κ2) is 10.9. The first kappa shape index (κ1) is 24.9. The zero-order chi connectivity index (χ0) is 19.8. The molecule has 0 rings (SSSR count). The lowest BCUT2D eigenvalue weighted by atomic mass is 9.71. The molecule has 0 nitrogen and oxygen atoms in total. The van der Waals surface area contributed by atoms with Gasteiger partial charge in [0, 0.05) is 0 Å². The lowest BCUT2D eigenvalue weighted by Crippen LogP contribution is -2.25. The van der Waals surface area contributed by atoms with Crippen molar-refractivity contribution in [1.82, 2.24) is 0 Å². The molecule has 0 amide bonds. The second-order valence-corrected chi connectivity index (χ2v) is 10.8. The van der Waals surface area contributed by atoms with E-state index in [1.54, 1.807) is 13.8 Å². The summed E-state index contributed by atoms with van der Waals surface area (Å²) in [6, 6.07) is 0. The van der Waals surface area contributed by atoms with Crippen molar-refractivity contribution in [3.05, 3.63) is 0 Å². The monoisotopic (exact) mass is 356 g/mol.